The van der Waals surface area contributed by atoms with Gasteiger partial charge in [0.2, 0.25) is 0 Å². The van der Waals surface area contributed by atoms with Gasteiger partial charge in [0, 0.05) is 0 Å². The summed E-state index contributed by atoms with van der Waals surface area (Å²) in [5, 5.41) is 0. The molecule has 3 heteroatoms. The molecule has 0 saturated carbocycles. The van der Waals surface area contributed by atoms with Crippen LogP contribution in [-0.4, -0.2) is 4.69 Å². The number of halogens is 1. The Morgan fingerprint density at radius 1 is 1.71 bits per heavy atom. The van der Waals surface area contributed by atoms with E-state index < -0.39 is 0 Å². The molecule has 0 aromatic carbocycles. The molecule has 0 rings (SSSR count). The molecule has 0 spiro atoms. The fourth-order valence-corrected chi connectivity index (χ4v) is 0.280. The Morgan fingerprint density at radius 3 is 2.14 bits per heavy atom. The van der Waals surface area contributed by atoms with Crippen LogP contribution in [-0.2, 0) is 4.79 Å². The molecule has 0 saturated heterocycles. The largest absolute Gasteiger partial charge is 1.00 e. The summed E-state index contributed by atoms with van der Waals surface area (Å²) in [6.45, 7) is 3.29. The van der Waals surface area contributed by atoms with Crippen molar-refractivity contribution in [1.29, 1.82) is 0 Å². The first-order valence-electron chi connectivity index (χ1n) is 1.42. The molecule has 0 aliphatic carbocycles. The third-order valence-corrected chi connectivity index (χ3v) is 0.513. The van der Waals surface area contributed by atoms with Crippen molar-refractivity contribution in [2.75, 3.05) is 0 Å². The number of allylic oxidation sites excluding steroid dienone is 2. The molecular weight excluding hydrogens is 229 g/mol. The standard InChI is InChI=1S/C4H4BrO.Rb/c1-2-3-4(5)6;/h2-3H,1H2;/q-1;+1/b3-2+;. The van der Waals surface area contributed by atoms with E-state index in [4.69, 9.17) is 0 Å². The van der Waals surface area contributed by atoms with Crippen molar-refractivity contribution in [3.63, 3.8) is 0 Å². The van der Waals surface area contributed by atoms with Crippen LogP contribution in [0.5, 0.6) is 0 Å². The molecule has 0 aliphatic rings. The van der Waals surface area contributed by atoms with E-state index in [0.717, 1.165) is 0 Å². The molecule has 0 unspecified atom stereocenters. The number of carbonyl (C=O) groups is 1. The number of hydrogen-bond donors (Lipinski definition) is 0. The first-order chi connectivity index (χ1) is 2.77. The van der Waals surface area contributed by atoms with Crippen LogP contribution in [0.4, 0.5) is 0 Å². The Balaban J connectivity index is 0. The first kappa shape index (κ1) is 11.4. The zero-order chi connectivity index (χ0) is 4.99. The molecule has 0 fully saturated rings. The number of carbonyl (C=O) groups excluding carboxylic acids is 1. The Bertz CT molecular complexity index is 79.8. The van der Waals surface area contributed by atoms with E-state index in [9.17, 15) is 4.79 Å². The molecule has 0 aromatic rings. The summed E-state index contributed by atoms with van der Waals surface area (Å²) in [7, 11) is 0. The molecule has 34 valence electrons. The normalized spacial score (nSPS) is 8.14. The Labute approximate surface area is 100 Å². The van der Waals surface area contributed by atoms with Gasteiger partial charge in [0.05, 0.1) is 0 Å². The zero-order valence-electron chi connectivity index (χ0n) is 4.15. The van der Waals surface area contributed by atoms with Crippen LogP contribution in [0, 0.1) is 6.92 Å². The maximum absolute atomic E-state index is 9.83. The molecular formula is C4H4BrORb. The van der Waals surface area contributed by atoms with Crippen LogP contribution in [0.25, 0.3) is 0 Å². The van der Waals surface area contributed by atoms with Crippen LogP contribution in [0.2, 0.25) is 0 Å². The molecule has 0 bridgehead atoms. The zero-order valence-corrected chi connectivity index (χ0v) is 10.7. The average molecular weight is 233 g/mol. The summed E-state index contributed by atoms with van der Waals surface area (Å²) < 4.78 is -0.141. The molecule has 0 aliphatic heterocycles. The van der Waals surface area contributed by atoms with Gasteiger partial charge in [0.1, 0.15) is 4.69 Å². The van der Waals surface area contributed by atoms with E-state index in [0.29, 0.717) is 0 Å². The first-order valence-corrected chi connectivity index (χ1v) is 2.22. The minimum Gasteiger partial charge on any atom is -0.303 e. The van der Waals surface area contributed by atoms with Crippen molar-refractivity contribution in [2.24, 2.45) is 0 Å². The Morgan fingerprint density at radius 2 is 2.14 bits per heavy atom. The monoisotopic (exact) mass is 232 g/mol. The molecule has 0 N–H and O–H groups in total. The van der Waals surface area contributed by atoms with Crippen molar-refractivity contribution in [3.8, 4) is 0 Å². The maximum Gasteiger partial charge on any atom is 1.00 e. The summed E-state index contributed by atoms with van der Waals surface area (Å²) in [5.74, 6) is 0. The van der Waals surface area contributed by atoms with E-state index in [2.05, 4.69) is 22.9 Å². The van der Waals surface area contributed by atoms with E-state index in [1.165, 1.54) is 12.2 Å². The van der Waals surface area contributed by atoms with E-state index >= 15 is 0 Å². The number of rotatable bonds is 1. The van der Waals surface area contributed by atoms with Crippen molar-refractivity contribution >= 4 is 20.6 Å². The molecule has 0 atom stereocenters. The second-order valence-corrected chi connectivity index (χ2v) is 1.49. The van der Waals surface area contributed by atoms with E-state index in [1.807, 2.05) is 0 Å². The fraction of sp³-hybridized carbons (Fsp3) is 0. The summed E-state index contributed by atoms with van der Waals surface area (Å²) in [5.41, 5.74) is 0. The fourth-order valence-electron chi connectivity index (χ4n) is 0.0927. The van der Waals surface area contributed by atoms with Crippen LogP contribution in [0.1, 0.15) is 0 Å². The van der Waals surface area contributed by atoms with Gasteiger partial charge in [-0.25, -0.2) is 13.0 Å². The van der Waals surface area contributed by atoms with Gasteiger partial charge in [0.15, 0.2) is 0 Å². The second-order valence-electron chi connectivity index (χ2n) is 0.706. The van der Waals surface area contributed by atoms with Gasteiger partial charge in [-0.15, -0.1) is 0 Å². The predicted octanol–water partition coefficient (Wildman–Crippen LogP) is -1.70. The third-order valence-electron chi connectivity index (χ3n) is 0.249. The van der Waals surface area contributed by atoms with E-state index in [1.54, 1.807) is 0 Å². The Hall–Kier alpha value is 1.57. The van der Waals surface area contributed by atoms with Gasteiger partial charge >= 0.3 is 58.2 Å². The maximum atomic E-state index is 9.83. The van der Waals surface area contributed by atoms with Gasteiger partial charge in [-0.1, -0.05) is 0 Å². The van der Waals surface area contributed by atoms with Gasteiger partial charge in [-0.05, 0) is 15.9 Å². The van der Waals surface area contributed by atoms with Crippen LogP contribution in [0.15, 0.2) is 12.2 Å². The SMILES string of the molecule is [CH2-]/C=C/C(=O)Br.[Rb+]. The van der Waals surface area contributed by atoms with Gasteiger partial charge < -0.3 is 4.79 Å². The molecule has 0 aromatic heterocycles. The number of hydrogen-bond acceptors (Lipinski definition) is 1. The van der Waals surface area contributed by atoms with Crippen LogP contribution in [0.3, 0.4) is 0 Å². The molecule has 0 amide bonds. The van der Waals surface area contributed by atoms with Crippen molar-refractivity contribution in [3.05, 3.63) is 19.1 Å². The molecule has 1 nitrogen and oxygen atoms in total. The van der Waals surface area contributed by atoms with Crippen LogP contribution >= 0.6 is 15.9 Å². The Kier molecular flexibility index (Phi) is 12.3. The average Bonchev–Trinajstić information content (AvgIpc) is 1.35. The summed E-state index contributed by atoms with van der Waals surface area (Å²) >= 11 is 2.67. The topological polar surface area (TPSA) is 17.1 Å². The predicted molar refractivity (Wildman–Crippen MR) is 28.4 cm³/mol. The summed E-state index contributed by atoms with van der Waals surface area (Å²) in [4.78, 5) is 9.83. The minimum atomic E-state index is -0.141. The second kappa shape index (κ2) is 7.57. The quantitative estimate of drug-likeness (QED) is 0.300. The molecule has 0 heterocycles. The minimum absolute atomic E-state index is 0. The van der Waals surface area contributed by atoms with Crippen molar-refractivity contribution < 1.29 is 63.0 Å². The van der Waals surface area contributed by atoms with E-state index in [-0.39, 0.29) is 62.9 Å². The van der Waals surface area contributed by atoms with Crippen LogP contribution < -0.4 is 58.2 Å². The summed E-state index contributed by atoms with van der Waals surface area (Å²) in [6.07, 6.45) is 2.76. The molecule has 0 radical (unpaired) electrons. The van der Waals surface area contributed by atoms with Gasteiger partial charge in [-0.2, -0.15) is 6.08 Å². The van der Waals surface area contributed by atoms with Crippen molar-refractivity contribution in [1.82, 2.24) is 0 Å². The smallest absolute Gasteiger partial charge is 0.303 e. The van der Waals surface area contributed by atoms with Gasteiger partial charge in [0.25, 0.3) is 0 Å². The van der Waals surface area contributed by atoms with Crippen molar-refractivity contribution in [2.45, 2.75) is 0 Å². The van der Waals surface area contributed by atoms with Gasteiger partial charge in [-0.3, -0.25) is 0 Å². The third kappa shape index (κ3) is 11.2. The summed E-state index contributed by atoms with van der Waals surface area (Å²) in [6, 6.07) is 0. The molecule has 7 heavy (non-hydrogen) atoms.